The van der Waals surface area contributed by atoms with Crippen molar-refractivity contribution in [2.24, 2.45) is 0 Å². The SMILES string of the molecule is CC[C@H](C(=O)Nc1ccc(C(=O)OC)cc1)N(c1ccccc1)S(C)(=O)=O. The van der Waals surface area contributed by atoms with Gasteiger partial charge in [-0.25, -0.2) is 13.2 Å². The van der Waals surface area contributed by atoms with Gasteiger partial charge in [-0.2, -0.15) is 0 Å². The van der Waals surface area contributed by atoms with Gasteiger partial charge in [-0.05, 0) is 42.8 Å². The molecule has 0 spiro atoms. The van der Waals surface area contributed by atoms with E-state index in [9.17, 15) is 18.0 Å². The highest BCUT2D eigenvalue weighted by atomic mass is 32.2. The first kappa shape index (κ1) is 20.4. The monoisotopic (exact) mass is 390 g/mol. The molecule has 7 nitrogen and oxygen atoms in total. The molecule has 1 N–H and O–H groups in total. The van der Waals surface area contributed by atoms with Gasteiger partial charge in [0.2, 0.25) is 15.9 Å². The van der Waals surface area contributed by atoms with Crippen molar-refractivity contribution in [2.75, 3.05) is 23.0 Å². The van der Waals surface area contributed by atoms with Crippen molar-refractivity contribution >= 4 is 33.3 Å². The second kappa shape index (κ2) is 8.68. The summed E-state index contributed by atoms with van der Waals surface area (Å²) in [5.41, 5.74) is 1.22. The van der Waals surface area contributed by atoms with Crippen molar-refractivity contribution in [3.05, 3.63) is 60.2 Å². The Morgan fingerprint density at radius 3 is 2.15 bits per heavy atom. The predicted octanol–water partition coefficient (Wildman–Crippen LogP) is 2.66. The minimum Gasteiger partial charge on any atom is -0.465 e. The number of para-hydroxylation sites is 1. The third kappa shape index (κ3) is 5.07. The lowest BCUT2D eigenvalue weighted by Crippen LogP contribution is -2.46. The molecule has 0 saturated heterocycles. The maximum Gasteiger partial charge on any atom is 0.337 e. The summed E-state index contributed by atoms with van der Waals surface area (Å²) >= 11 is 0. The van der Waals surface area contributed by atoms with Gasteiger partial charge in [-0.3, -0.25) is 9.10 Å². The summed E-state index contributed by atoms with van der Waals surface area (Å²) in [6.07, 6.45) is 1.36. The molecule has 8 heteroatoms. The molecule has 0 aromatic heterocycles. The number of amides is 1. The molecule has 27 heavy (non-hydrogen) atoms. The summed E-state index contributed by atoms with van der Waals surface area (Å²) in [6, 6.07) is 13.7. The standard InChI is InChI=1S/C19H22N2O5S/c1-4-17(21(27(3,24)25)16-8-6-5-7-9-16)18(22)20-15-12-10-14(11-13-15)19(23)26-2/h5-13,17H,4H2,1-3H3,(H,20,22)/t17-/m1/s1. The summed E-state index contributed by atoms with van der Waals surface area (Å²) in [5.74, 6) is -0.941. The van der Waals surface area contributed by atoms with Crippen LogP contribution >= 0.6 is 0 Å². The number of hydrogen-bond acceptors (Lipinski definition) is 5. The summed E-state index contributed by atoms with van der Waals surface area (Å²) < 4.78 is 30.4. The summed E-state index contributed by atoms with van der Waals surface area (Å²) in [4.78, 5) is 24.2. The molecule has 1 amide bonds. The molecule has 0 unspecified atom stereocenters. The van der Waals surface area contributed by atoms with Gasteiger partial charge in [0.05, 0.1) is 24.6 Å². The Balaban J connectivity index is 2.27. The highest BCUT2D eigenvalue weighted by Gasteiger charge is 2.31. The Labute approximate surface area is 159 Å². The van der Waals surface area contributed by atoms with Gasteiger partial charge in [0.15, 0.2) is 0 Å². The average Bonchev–Trinajstić information content (AvgIpc) is 2.65. The highest BCUT2D eigenvalue weighted by molar-refractivity contribution is 7.92. The molecule has 2 rings (SSSR count). The smallest absolute Gasteiger partial charge is 0.337 e. The van der Waals surface area contributed by atoms with E-state index in [0.29, 0.717) is 16.9 Å². The summed E-state index contributed by atoms with van der Waals surface area (Å²) in [7, 11) is -2.39. The van der Waals surface area contributed by atoms with Crippen LogP contribution in [-0.2, 0) is 19.6 Å². The van der Waals surface area contributed by atoms with Gasteiger partial charge >= 0.3 is 5.97 Å². The zero-order valence-electron chi connectivity index (χ0n) is 15.4. The molecule has 0 aliphatic carbocycles. The normalized spacial score (nSPS) is 12.1. The summed E-state index contributed by atoms with van der Waals surface area (Å²) in [5, 5.41) is 2.70. The van der Waals surface area contributed by atoms with E-state index < -0.39 is 27.9 Å². The molecule has 0 bridgehead atoms. The van der Waals surface area contributed by atoms with Crippen molar-refractivity contribution in [3.63, 3.8) is 0 Å². The van der Waals surface area contributed by atoms with Crippen molar-refractivity contribution < 1.29 is 22.7 Å². The van der Waals surface area contributed by atoms with Crippen LogP contribution < -0.4 is 9.62 Å². The number of ether oxygens (including phenoxy) is 1. The zero-order valence-corrected chi connectivity index (χ0v) is 16.2. The Morgan fingerprint density at radius 1 is 1.07 bits per heavy atom. The van der Waals surface area contributed by atoms with E-state index >= 15 is 0 Å². The molecular weight excluding hydrogens is 368 g/mol. The van der Waals surface area contributed by atoms with Crippen LogP contribution in [0.1, 0.15) is 23.7 Å². The zero-order chi connectivity index (χ0) is 20.0. The lowest BCUT2D eigenvalue weighted by atomic mass is 10.1. The van der Waals surface area contributed by atoms with Crippen molar-refractivity contribution in [3.8, 4) is 0 Å². The van der Waals surface area contributed by atoms with Crippen LogP contribution in [-0.4, -0.2) is 39.7 Å². The number of rotatable bonds is 7. The Hall–Kier alpha value is -2.87. The van der Waals surface area contributed by atoms with Gasteiger partial charge < -0.3 is 10.1 Å². The number of carbonyl (C=O) groups excluding carboxylic acids is 2. The van der Waals surface area contributed by atoms with Gasteiger partial charge in [-0.15, -0.1) is 0 Å². The molecule has 2 aromatic carbocycles. The number of benzene rings is 2. The Kier molecular flexibility index (Phi) is 6.57. The van der Waals surface area contributed by atoms with E-state index in [4.69, 9.17) is 0 Å². The molecule has 0 heterocycles. The Morgan fingerprint density at radius 2 is 1.67 bits per heavy atom. The molecule has 2 aromatic rings. The number of nitrogens with zero attached hydrogens (tertiary/aromatic N) is 1. The molecular formula is C19H22N2O5S. The van der Waals surface area contributed by atoms with Crippen LogP contribution in [0.3, 0.4) is 0 Å². The first-order valence-electron chi connectivity index (χ1n) is 8.31. The minimum absolute atomic E-state index is 0.286. The van der Waals surface area contributed by atoms with Crippen LogP contribution in [0.15, 0.2) is 54.6 Å². The second-order valence-corrected chi connectivity index (χ2v) is 7.74. The number of nitrogens with one attached hydrogen (secondary N) is 1. The number of anilines is 2. The van der Waals surface area contributed by atoms with Gasteiger partial charge in [-0.1, -0.05) is 25.1 Å². The fourth-order valence-corrected chi connectivity index (χ4v) is 3.88. The first-order chi connectivity index (χ1) is 12.8. The fourth-order valence-electron chi connectivity index (χ4n) is 2.67. The molecule has 0 aliphatic heterocycles. The van der Waals surface area contributed by atoms with Crippen LogP contribution in [0.5, 0.6) is 0 Å². The third-order valence-electron chi connectivity index (χ3n) is 3.91. The Bertz CT molecular complexity index is 895. The highest BCUT2D eigenvalue weighted by Crippen LogP contribution is 2.23. The molecule has 0 fully saturated rings. The lowest BCUT2D eigenvalue weighted by Gasteiger charge is -2.30. The largest absolute Gasteiger partial charge is 0.465 e. The minimum atomic E-state index is -3.68. The first-order valence-corrected chi connectivity index (χ1v) is 10.2. The van der Waals surface area contributed by atoms with E-state index in [1.54, 1.807) is 49.4 Å². The van der Waals surface area contributed by atoms with E-state index in [0.717, 1.165) is 10.6 Å². The quantitative estimate of drug-likeness (QED) is 0.734. The van der Waals surface area contributed by atoms with E-state index in [1.165, 1.54) is 19.2 Å². The van der Waals surface area contributed by atoms with Gasteiger partial charge in [0.1, 0.15) is 6.04 Å². The van der Waals surface area contributed by atoms with Crippen LogP contribution in [0, 0.1) is 0 Å². The second-order valence-electron chi connectivity index (χ2n) is 5.88. The van der Waals surface area contributed by atoms with Crippen molar-refractivity contribution in [1.29, 1.82) is 0 Å². The van der Waals surface area contributed by atoms with Crippen molar-refractivity contribution in [2.45, 2.75) is 19.4 Å². The third-order valence-corrected chi connectivity index (χ3v) is 5.09. The number of carbonyl (C=O) groups is 2. The lowest BCUT2D eigenvalue weighted by molar-refractivity contribution is -0.117. The van der Waals surface area contributed by atoms with Crippen LogP contribution in [0.25, 0.3) is 0 Å². The topological polar surface area (TPSA) is 92.8 Å². The van der Waals surface area contributed by atoms with E-state index in [-0.39, 0.29) is 6.42 Å². The molecule has 1 atom stereocenters. The maximum absolute atomic E-state index is 12.8. The summed E-state index contributed by atoms with van der Waals surface area (Å²) in [6.45, 7) is 1.74. The fraction of sp³-hybridized carbons (Fsp3) is 0.263. The van der Waals surface area contributed by atoms with Gasteiger partial charge in [0.25, 0.3) is 0 Å². The number of sulfonamides is 1. The number of esters is 1. The molecule has 0 saturated carbocycles. The van der Waals surface area contributed by atoms with E-state index in [1.807, 2.05) is 0 Å². The molecule has 0 aliphatic rings. The number of methoxy groups -OCH3 is 1. The van der Waals surface area contributed by atoms with Crippen LogP contribution in [0.2, 0.25) is 0 Å². The predicted molar refractivity (Wildman–Crippen MR) is 104 cm³/mol. The van der Waals surface area contributed by atoms with Crippen molar-refractivity contribution in [1.82, 2.24) is 0 Å². The average molecular weight is 390 g/mol. The van der Waals surface area contributed by atoms with Gasteiger partial charge in [0, 0.05) is 5.69 Å². The molecule has 144 valence electrons. The molecule has 0 radical (unpaired) electrons. The maximum atomic E-state index is 12.8. The van der Waals surface area contributed by atoms with E-state index in [2.05, 4.69) is 10.1 Å². The number of hydrogen-bond donors (Lipinski definition) is 1. The van der Waals surface area contributed by atoms with Crippen LogP contribution in [0.4, 0.5) is 11.4 Å².